The number of halogens is 3. The number of hydrogen-bond acceptors (Lipinski definition) is 2. The van der Waals surface area contributed by atoms with E-state index in [4.69, 9.17) is 11.6 Å². The Balaban J connectivity index is 2.29. The average molecular weight is 428 g/mol. The number of hydrogen-bond donors (Lipinski definition) is 1. The van der Waals surface area contributed by atoms with Crippen LogP contribution in [-0.4, -0.2) is 29.8 Å². The minimum absolute atomic E-state index is 0.0260. The van der Waals surface area contributed by atoms with Gasteiger partial charge in [0, 0.05) is 23.1 Å². The highest BCUT2D eigenvalue weighted by atomic mass is 79.9. The van der Waals surface area contributed by atoms with Crippen molar-refractivity contribution >= 4 is 45.0 Å². The first-order chi connectivity index (χ1) is 11.7. The lowest BCUT2D eigenvalue weighted by Crippen LogP contribution is -2.33. The topological polar surface area (TPSA) is 49.4 Å². The van der Waals surface area contributed by atoms with Gasteiger partial charge in [-0.1, -0.05) is 27.5 Å². The second kappa shape index (κ2) is 7.97. The Bertz CT molecular complexity index is 827. The van der Waals surface area contributed by atoms with Gasteiger partial charge >= 0.3 is 0 Å². The minimum atomic E-state index is -0.658. The summed E-state index contributed by atoms with van der Waals surface area (Å²) in [5, 5.41) is 2.81. The molecule has 0 aliphatic carbocycles. The maximum atomic E-state index is 13.9. The lowest BCUT2D eigenvalue weighted by molar-refractivity contribution is 0.0754. The van der Waals surface area contributed by atoms with Crippen molar-refractivity contribution in [3.63, 3.8) is 0 Å². The molecule has 0 saturated heterocycles. The van der Waals surface area contributed by atoms with Gasteiger partial charge in [0.25, 0.3) is 11.8 Å². The maximum absolute atomic E-state index is 13.9. The first-order valence-corrected chi connectivity index (χ1v) is 8.71. The fraction of sp³-hybridized carbons (Fsp3) is 0.222. The Labute approximate surface area is 159 Å². The fourth-order valence-corrected chi connectivity index (χ4v) is 2.55. The number of nitrogens with zero attached hydrogens (tertiary/aromatic N) is 1. The van der Waals surface area contributed by atoms with Crippen LogP contribution in [0.3, 0.4) is 0 Å². The monoisotopic (exact) mass is 426 g/mol. The molecule has 2 aromatic rings. The van der Waals surface area contributed by atoms with E-state index in [0.29, 0.717) is 10.0 Å². The average Bonchev–Trinajstić information content (AvgIpc) is 2.55. The van der Waals surface area contributed by atoms with Crippen LogP contribution in [0, 0.1) is 5.82 Å². The number of rotatable bonds is 4. The molecule has 0 fully saturated rings. The number of carbonyl (C=O) groups is 2. The molecule has 0 unspecified atom stereocenters. The zero-order valence-corrected chi connectivity index (χ0v) is 16.3. The molecule has 0 aliphatic heterocycles. The number of benzene rings is 2. The third-order valence-corrected chi connectivity index (χ3v) is 4.56. The molecule has 0 atom stereocenters. The van der Waals surface area contributed by atoms with Gasteiger partial charge in [-0.15, -0.1) is 0 Å². The van der Waals surface area contributed by atoms with Gasteiger partial charge < -0.3 is 10.2 Å². The van der Waals surface area contributed by atoms with E-state index in [0.717, 1.165) is 0 Å². The first kappa shape index (κ1) is 19.4. The standard InChI is InChI=1S/C18H17BrClFN2O2/c1-10(2)23(3)18(25)11-4-7-14(20)16(8-11)22-17(24)13-6-5-12(19)9-15(13)21/h4-10H,1-3H3,(H,22,24). The minimum Gasteiger partial charge on any atom is -0.339 e. The molecule has 0 radical (unpaired) electrons. The highest BCUT2D eigenvalue weighted by molar-refractivity contribution is 9.10. The van der Waals surface area contributed by atoms with Crippen molar-refractivity contribution in [2.24, 2.45) is 0 Å². The summed E-state index contributed by atoms with van der Waals surface area (Å²) in [4.78, 5) is 26.3. The van der Waals surface area contributed by atoms with Crippen LogP contribution in [-0.2, 0) is 0 Å². The summed E-state index contributed by atoms with van der Waals surface area (Å²) in [6.45, 7) is 3.79. The van der Waals surface area contributed by atoms with Crippen LogP contribution in [0.4, 0.5) is 10.1 Å². The van der Waals surface area contributed by atoms with Gasteiger partial charge in [-0.2, -0.15) is 0 Å². The van der Waals surface area contributed by atoms with E-state index in [9.17, 15) is 14.0 Å². The van der Waals surface area contributed by atoms with Crippen LogP contribution >= 0.6 is 27.5 Å². The summed E-state index contributed by atoms with van der Waals surface area (Å²) in [6, 6.07) is 8.75. The molecule has 2 rings (SSSR count). The molecule has 4 nitrogen and oxygen atoms in total. The Morgan fingerprint density at radius 3 is 2.48 bits per heavy atom. The van der Waals surface area contributed by atoms with Crippen molar-refractivity contribution in [3.05, 3.63) is 62.8 Å². The molecule has 0 aromatic heterocycles. The van der Waals surface area contributed by atoms with Crippen LogP contribution in [0.1, 0.15) is 34.6 Å². The largest absolute Gasteiger partial charge is 0.339 e. The maximum Gasteiger partial charge on any atom is 0.258 e. The molecule has 0 aliphatic rings. The Morgan fingerprint density at radius 1 is 1.20 bits per heavy atom. The van der Waals surface area contributed by atoms with Gasteiger partial charge in [-0.25, -0.2) is 4.39 Å². The Hall–Kier alpha value is -1.92. The first-order valence-electron chi connectivity index (χ1n) is 7.53. The summed E-state index contributed by atoms with van der Waals surface area (Å²) in [5.74, 6) is -1.50. The second-order valence-corrected chi connectivity index (χ2v) is 7.11. The van der Waals surface area contributed by atoms with Crippen LogP contribution in [0.25, 0.3) is 0 Å². The van der Waals surface area contributed by atoms with Gasteiger partial charge in [-0.05, 0) is 50.2 Å². The molecule has 2 amide bonds. The van der Waals surface area contributed by atoms with Crippen molar-refractivity contribution in [1.29, 1.82) is 0 Å². The highest BCUT2D eigenvalue weighted by Crippen LogP contribution is 2.25. The van der Waals surface area contributed by atoms with Crippen LogP contribution in [0.15, 0.2) is 40.9 Å². The second-order valence-electron chi connectivity index (χ2n) is 5.78. The quantitative estimate of drug-likeness (QED) is 0.748. The molecule has 2 aromatic carbocycles. The van der Waals surface area contributed by atoms with Crippen molar-refractivity contribution in [2.45, 2.75) is 19.9 Å². The Morgan fingerprint density at radius 2 is 1.88 bits per heavy atom. The number of nitrogens with one attached hydrogen (secondary N) is 1. The van der Waals surface area contributed by atoms with Crippen molar-refractivity contribution in [2.75, 3.05) is 12.4 Å². The third kappa shape index (κ3) is 4.58. The SMILES string of the molecule is CC(C)N(C)C(=O)c1ccc(Cl)c(NC(=O)c2ccc(Br)cc2F)c1. The smallest absolute Gasteiger partial charge is 0.258 e. The lowest BCUT2D eigenvalue weighted by atomic mass is 10.1. The third-order valence-electron chi connectivity index (χ3n) is 3.73. The summed E-state index contributed by atoms with van der Waals surface area (Å²) in [7, 11) is 1.69. The van der Waals surface area contributed by atoms with E-state index < -0.39 is 11.7 Å². The zero-order valence-electron chi connectivity index (χ0n) is 13.9. The van der Waals surface area contributed by atoms with Gasteiger partial charge in [-0.3, -0.25) is 9.59 Å². The van der Waals surface area contributed by atoms with Gasteiger partial charge in [0.2, 0.25) is 0 Å². The normalized spacial score (nSPS) is 10.7. The summed E-state index contributed by atoms with van der Waals surface area (Å²) < 4.78 is 14.5. The fourth-order valence-electron chi connectivity index (χ4n) is 2.06. The molecular weight excluding hydrogens is 411 g/mol. The molecule has 7 heteroatoms. The van der Waals surface area contributed by atoms with E-state index in [-0.39, 0.29) is 28.2 Å². The lowest BCUT2D eigenvalue weighted by Gasteiger charge is -2.22. The van der Waals surface area contributed by atoms with E-state index in [1.165, 1.54) is 24.3 Å². The molecule has 1 N–H and O–H groups in total. The van der Waals surface area contributed by atoms with E-state index >= 15 is 0 Å². The summed E-state index contributed by atoms with van der Waals surface area (Å²) >= 11 is 9.24. The van der Waals surface area contributed by atoms with Crippen molar-refractivity contribution in [3.8, 4) is 0 Å². The van der Waals surface area contributed by atoms with Crippen molar-refractivity contribution in [1.82, 2.24) is 4.90 Å². The number of carbonyl (C=O) groups excluding carboxylic acids is 2. The van der Waals surface area contributed by atoms with Crippen LogP contribution in [0.5, 0.6) is 0 Å². The highest BCUT2D eigenvalue weighted by Gasteiger charge is 2.18. The molecule has 0 spiro atoms. The van der Waals surface area contributed by atoms with Gasteiger partial charge in [0.05, 0.1) is 16.3 Å². The Kier molecular flexibility index (Phi) is 6.19. The molecule has 0 bridgehead atoms. The van der Waals surface area contributed by atoms with Gasteiger partial charge in [0.1, 0.15) is 5.82 Å². The van der Waals surface area contributed by atoms with E-state index in [2.05, 4.69) is 21.2 Å². The predicted molar refractivity (Wildman–Crippen MR) is 101 cm³/mol. The van der Waals surface area contributed by atoms with E-state index in [1.807, 2.05) is 13.8 Å². The summed E-state index contributed by atoms with van der Waals surface area (Å²) in [5.41, 5.74) is 0.513. The van der Waals surface area contributed by atoms with Crippen molar-refractivity contribution < 1.29 is 14.0 Å². The molecule has 132 valence electrons. The molecular formula is C18H17BrClFN2O2. The van der Waals surface area contributed by atoms with Crippen LogP contribution < -0.4 is 5.32 Å². The van der Waals surface area contributed by atoms with E-state index in [1.54, 1.807) is 24.1 Å². The molecule has 25 heavy (non-hydrogen) atoms. The predicted octanol–water partition coefficient (Wildman–Crippen LogP) is 4.97. The number of anilines is 1. The zero-order chi connectivity index (χ0) is 18.7. The van der Waals surface area contributed by atoms with Gasteiger partial charge in [0.15, 0.2) is 0 Å². The molecule has 0 heterocycles. The van der Waals surface area contributed by atoms with Crippen LogP contribution in [0.2, 0.25) is 5.02 Å². The summed E-state index contributed by atoms with van der Waals surface area (Å²) in [6.07, 6.45) is 0. The number of amides is 2. The molecule has 0 saturated carbocycles.